The number of aromatic nitrogens is 2. The van der Waals surface area contributed by atoms with Crippen molar-refractivity contribution < 1.29 is 9.53 Å². The Morgan fingerprint density at radius 3 is 2.76 bits per heavy atom. The Balaban J connectivity index is 1.69. The number of carbonyl (C=O) groups excluding carboxylic acids is 1. The lowest BCUT2D eigenvalue weighted by atomic mass is 10.1. The second kappa shape index (κ2) is 7.61. The molecule has 128 valence electrons. The van der Waals surface area contributed by atoms with Gasteiger partial charge in [0.2, 0.25) is 5.88 Å². The largest absolute Gasteiger partial charge is 0.481 e. The highest BCUT2D eigenvalue weighted by molar-refractivity contribution is 5.83. The van der Waals surface area contributed by atoms with E-state index < -0.39 is 0 Å². The Labute approximate surface area is 146 Å². The highest BCUT2D eigenvalue weighted by atomic mass is 16.5. The van der Waals surface area contributed by atoms with E-state index in [0.29, 0.717) is 12.4 Å². The van der Waals surface area contributed by atoms with Crippen molar-refractivity contribution in [1.29, 1.82) is 0 Å². The molecule has 2 aromatic heterocycles. The molecule has 3 aromatic rings. The minimum atomic E-state index is -0.252. The second-order valence-electron chi connectivity index (χ2n) is 5.64. The van der Waals surface area contributed by atoms with Crippen LogP contribution in [0.15, 0.2) is 54.7 Å². The zero-order valence-corrected chi connectivity index (χ0v) is 14.2. The van der Waals surface area contributed by atoms with Crippen molar-refractivity contribution in [3.63, 3.8) is 0 Å². The van der Waals surface area contributed by atoms with Crippen molar-refractivity contribution >= 4 is 16.9 Å². The first-order chi connectivity index (χ1) is 12.2. The molecular formula is C19H20N4O2. The fourth-order valence-electron chi connectivity index (χ4n) is 2.60. The van der Waals surface area contributed by atoms with Gasteiger partial charge in [0.25, 0.3) is 0 Å². The van der Waals surface area contributed by atoms with E-state index in [1.807, 2.05) is 55.5 Å². The van der Waals surface area contributed by atoms with E-state index in [1.54, 1.807) is 13.3 Å². The van der Waals surface area contributed by atoms with Crippen LogP contribution in [0, 0.1) is 0 Å². The molecule has 0 unspecified atom stereocenters. The van der Waals surface area contributed by atoms with Gasteiger partial charge in [0.15, 0.2) is 0 Å². The minimum absolute atomic E-state index is 0.176. The Morgan fingerprint density at radius 2 is 2.00 bits per heavy atom. The predicted molar refractivity (Wildman–Crippen MR) is 96.3 cm³/mol. The van der Waals surface area contributed by atoms with Crippen LogP contribution in [0.1, 0.15) is 24.2 Å². The fraction of sp³-hybridized carbons (Fsp3) is 0.211. The molecule has 0 aliphatic rings. The summed E-state index contributed by atoms with van der Waals surface area (Å²) < 4.78 is 5.24. The molecule has 1 atom stereocenters. The van der Waals surface area contributed by atoms with Crippen molar-refractivity contribution in [2.45, 2.75) is 19.5 Å². The third-order valence-corrected chi connectivity index (χ3v) is 3.91. The first-order valence-electron chi connectivity index (χ1n) is 8.05. The number of hydrogen-bond donors (Lipinski definition) is 2. The molecule has 2 amide bonds. The van der Waals surface area contributed by atoms with E-state index in [2.05, 4.69) is 20.6 Å². The van der Waals surface area contributed by atoms with Gasteiger partial charge in [-0.2, -0.15) is 0 Å². The normalized spacial score (nSPS) is 11.8. The number of fused-ring (bicyclic) bond motifs is 1. The number of para-hydroxylation sites is 1. The molecule has 0 radical (unpaired) electrons. The Morgan fingerprint density at radius 1 is 1.20 bits per heavy atom. The smallest absolute Gasteiger partial charge is 0.315 e. The van der Waals surface area contributed by atoms with Crippen molar-refractivity contribution in [3.05, 3.63) is 66.0 Å². The summed E-state index contributed by atoms with van der Waals surface area (Å²) in [5.41, 5.74) is 2.60. The lowest BCUT2D eigenvalue weighted by molar-refractivity contribution is 0.237. The van der Waals surface area contributed by atoms with E-state index in [1.165, 1.54) is 0 Å². The number of nitrogens with zero attached hydrogens (tertiary/aromatic N) is 2. The van der Waals surface area contributed by atoms with Crippen molar-refractivity contribution in [2.24, 2.45) is 0 Å². The first-order valence-corrected chi connectivity index (χ1v) is 8.05. The van der Waals surface area contributed by atoms with Crippen molar-refractivity contribution in [3.8, 4) is 5.88 Å². The summed E-state index contributed by atoms with van der Waals surface area (Å²) in [5.74, 6) is 0.526. The van der Waals surface area contributed by atoms with E-state index in [-0.39, 0.29) is 12.1 Å². The molecule has 0 saturated heterocycles. The third-order valence-electron chi connectivity index (χ3n) is 3.91. The van der Waals surface area contributed by atoms with Gasteiger partial charge in [-0.1, -0.05) is 24.3 Å². The zero-order valence-electron chi connectivity index (χ0n) is 14.2. The highest BCUT2D eigenvalue weighted by Gasteiger charge is 2.11. The molecule has 2 heterocycles. The van der Waals surface area contributed by atoms with Crippen LogP contribution in [0.2, 0.25) is 0 Å². The Hall–Kier alpha value is -3.15. The van der Waals surface area contributed by atoms with Crippen LogP contribution in [-0.2, 0) is 6.54 Å². The predicted octanol–water partition coefficient (Wildman–Crippen LogP) is 3.20. The highest BCUT2D eigenvalue weighted by Crippen LogP contribution is 2.21. The number of methoxy groups -OCH3 is 1. The minimum Gasteiger partial charge on any atom is -0.481 e. The summed E-state index contributed by atoms with van der Waals surface area (Å²) in [6, 6.07) is 14.8. The van der Waals surface area contributed by atoms with Gasteiger partial charge >= 0.3 is 6.03 Å². The molecule has 6 nitrogen and oxygen atoms in total. The molecule has 0 fully saturated rings. The number of amides is 2. The van der Waals surface area contributed by atoms with E-state index in [9.17, 15) is 4.79 Å². The maximum Gasteiger partial charge on any atom is 0.315 e. The van der Waals surface area contributed by atoms with Crippen LogP contribution in [-0.4, -0.2) is 23.1 Å². The molecule has 2 N–H and O–H groups in total. The maximum absolute atomic E-state index is 12.2. The quantitative estimate of drug-likeness (QED) is 0.750. The molecule has 0 saturated carbocycles. The topological polar surface area (TPSA) is 76.1 Å². The van der Waals surface area contributed by atoms with Gasteiger partial charge in [0, 0.05) is 24.2 Å². The van der Waals surface area contributed by atoms with Crippen molar-refractivity contribution in [1.82, 2.24) is 20.6 Å². The van der Waals surface area contributed by atoms with Gasteiger partial charge in [0.05, 0.1) is 24.4 Å². The summed E-state index contributed by atoms with van der Waals surface area (Å²) in [7, 11) is 1.58. The van der Waals surface area contributed by atoms with Gasteiger partial charge in [-0.15, -0.1) is 0 Å². The summed E-state index contributed by atoms with van der Waals surface area (Å²) in [6.45, 7) is 2.27. The summed E-state index contributed by atoms with van der Waals surface area (Å²) in [4.78, 5) is 20.9. The summed E-state index contributed by atoms with van der Waals surface area (Å²) >= 11 is 0. The fourth-order valence-corrected chi connectivity index (χ4v) is 2.60. The van der Waals surface area contributed by atoms with E-state index in [4.69, 9.17) is 4.74 Å². The number of hydrogen-bond acceptors (Lipinski definition) is 4. The van der Waals surface area contributed by atoms with E-state index >= 15 is 0 Å². The van der Waals surface area contributed by atoms with Gasteiger partial charge in [0.1, 0.15) is 0 Å². The number of nitrogens with one attached hydrogen (secondary N) is 2. The average Bonchev–Trinajstić information content (AvgIpc) is 2.66. The molecule has 3 rings (SSSR count). The zero-order chi connectivity index (χ0) is 17.6. The standard InChI is InChI=1S/C19H20N4O2/c1-13(16-8-5-6-10-20-16)22-19(24)21-12-14-11-18(25-2)23-17-9-4-3-7-15(14)17/h3-11,13H,12H2,1-2H3,(H2,21,22,24)/t13-/m0/s1. The molecule has 1 aromatic carbocycles. The number of carbonyl (C=O) groups is 1. The molecule has 0 aliphatic carbocycles. The van der Waals surface area contributed by atoms with Crippen LogP contribution >= 0.6 is 0 Å². The van der Waals surface area contributed by atoms with Crippen LogP contribution in [0.4, 0.5) is 4.79 Å². The van der Waals surface area contributed by atoms with Gasteiger partial charge in [-0.25, -0.2) is 9.78 Å². The summed E-state index contributed by atoms with van der Waals surface area (Å²) in [6.07, 6.45) is 1.71. The second-order valence-corrected chi connectivity index (χ2v) is 5.64. The van der Waals surface area contributed by atoms with Crippen molar-refractivity contribution in [2.75, 3.05) is 7.11 Å². The molecule has 25 heavy (non-hydrogen) atoms. The molecule has 0 bridgehead atoms. The monoisotopic (exact) mass is 336 g/mol. The van der Waals surface area contributed by atoms with Gasteiger partial charge in [-0.05, 0) is 30.7 Å². The SMILES string of the molecule is COc1cc(CNC(=O)N[C@@H](C)c2ccccn2)c2ccccc2n1. The summed E-state index contributed by atoms with van der Waals surface area (Å²) in [5, 5.41) is 6.75. The van der Waals surface area contributed by atoms with Crippen LogP contribution < -0.4 is 15.4 Å². The molecular weight excluding hydrogens is 316 g/mol. The van der Waals surface area contributed by atoms with Crippen LogP contribution in [0.3, 0.4) is 0 Å². The first kappa shape index (κ1) is 16.7. The average molecular weight is 336 g/mol. The number of urea groups is 1. The van der Waals surface area contributed by atoms with E-state index in [0.717, 1.165) is 22.2 Å². The molecule has 0 spiro atoms. The maximum atomic E-state index is 12.2. The number of pyridine rings is 2. The number of rotatable bonds is 5. The van der Waals surface area contributed by atoms with Gasteiger partial charge in [-0.3, -0.25) is 4.98 Å². The Kier molecular flexibility index (Phi) is 5.09. The number of ether oxygens (including phenoxy) is 1. The van der Waals surface area contributed by atoms with Gasteiger partial charge < -0.3 is 15.4 Å². The molecule has 0 aliphatic heterocycles. The molecule has 6 heteroatoms. The third kappa shape index (κ3) is 4.03. The number of benzene rings is 1. The lowest BCUT2D eigenvalue weighted by Gasteiger charge is -2.15. The Bertz CT molecular complexity index is 868. The van der Waals surface area contributed by atoms with Crippen LogP contribution in [0.25, 0.3) is 10.9 Å². The lowest BCUT2D eigenvalue weighted by Crippen LogP contribution is -2.36. The van der Waals surface area contributed by atoms with Crippen LogP contribution in [0.5, 0.6) is 5.88 Å².